The third-order valence-corrected chi connectivity index (χ3v) is 5.29. The zero-order chi connectivity index (χ0) is 18.0. The molecule has 2 fully saturated rings. The molecule has 3 rings (SSSR count). The van der Waals surface area contributed by atoms with Crippen molar-refractivity contribution in [1.82, 2.24) is 20.0 Å². The summed E-state index contributed by atoms with van der Waals surface area (Å²) < 4.78 is 45.1. The number of hydrogen-bond donors (Lipinski definition) is 1. The lowest BCUT2D eigenvalue weighted by molar-refractivity contribution is -0.143. The standard InChI is InChI=1S/C17H27F3N4O/c1-12-16(13(2)24(22-12)11-17(18,19)20)15-10-25-8-7-23(15)9-14-3-5-21-6-4-14/h14-15,21H,3-11H2,1-2H3. The van der Waals surface area contributed by atoms with Crippen molar-refractivity contribution in [2.75, 3.05) is 39.4 Å². The summed E-state index contributed by atoms with van der Waals surface area (Å²) in [4.78, 5) is 2.38. The van der Waals surface area contributed by atoms with Crippen molar-refractivity contribution in [3.8, 4) is 0 Å². The van der Waals surface area contributed by atoms with Gasteiger partial charge in [0.2, 0.25) is 0 Å². The quantitative estimate of drug-likeness (QED) is 0.896. The Morgan fingerprint density at radius 1 is 1.24 bits per heavy atom. The van der Waals surface area contributed by atoms with Gasteiger partial charge in [-0.2, -0.15) is 18.3 Å². The zero-order valence-electron chi connectivity index (χ0n) is 14.9. The third-order valence-electron chi connectivity index (χ3n) is 5.29. The molecule has 2 aliphatic heterocycles. The molecule has 3 heterocycles. The molecule has 0 aliphatic carbocycles. The van der Waals surface area contributed by atoms with Gasteiger partial charge in [-0.1, -0.05) is 0 Å². The lowest BCUT2D eigenvalue weighted by Crippen LogP contribution is -2.44. The van der Waals surface area contributed by atoms with E-state index in [1.807, 2.05) is 0 Å². The molecule has 5 nitrogen and oxygen atoms in total. The number of alkyl halides is 3. The van der Waals surface area contributed by atoms with Crippen molar-refractivity contribution in [2.45, 2.75) is 45.5 Å². The summed E-state index contributed by atoms with van der Waals surface area (Å²) in [5.74, 6) is 0.632. The van der Waals surface area contributed by atoms with E-state index >= 15 is 0 Å². The molecule has 2 aliphatic rings. The van der Waals surface area contributed by atoms with Gasteiger partial charge in [-0.25, -0.2) is 0 Å². The number of aromatic nitrogens is 2. The van der Waals surface area contributed by atoms with Crippen LogP contribution in [0.3, 0.4) is 0 Å². The monoisotopic (exact) mass is 360 g/mol. The third kappa shape index (κ3) is 4.54. The summed E-state index contributed by atoms with van der Waals surface area (Å²) in [6.07, 6.45) is -1.97. The Bertz CT molecular complexity index is 581. The predicted octanol–water partition coefficient (Wildman–Crippen LogP) is 2.44. The summed E-state index contributed by atoms with van der Waals surface area (Å²) in [5, 5.41) is 7.53. The molecule has 2 saturated heterocycles. The predicted molar refractivity (Wildman–Crippen MR) is 88.5 cm³/mol. The van der Waals surface area contributed by atoms with Crippen LogP contribution in [0.15, 0.2) is 0 Å². The first-order chi connectivity index (χ1) is 11.8. The number of nitrogens with one attached hydrogen (secondary N) is 1. The van der Waals surface area contributed by atoms with E-state index in [4.69, 9.17) is 4.74 Å². The van der Waals surface area contributed by atoms with E-state index in [0.29, 0.717) is 30.5 Å². The summed E-state index contributed by atoms with van der Waals surface area (Å²) in [5.41, 5.74) is 2.17. The number of ether oxygens (including phenoxy) is 1. The topological polar surface area (TPSA) is 42.3 Å². The van der Waals surface area contributed by atoms with Gasteiger partial charge in [-0.3, -0.25) is 9.58 Å². The normalized spacial score (nSPS) is 24.0. The van der Waals surface area contributed by atoms with Crippen LogP contribution in [0.5, 0.6) is 0 Å². The highest BCUT2D eigenvalue weighted by molar-refractivity contribution is 5.29. The number of nitrogens with zero attached hydrogens (tertiary/aromatic N) is 3. The molecular formula is C17H27F3N4O. The van der Waals surface area contributed by atoms with Crippen molar-refractivity contribution in [2.24, 2.45) is 5.92 Å². The highest BCUT2D eigenvalue weighted by Crippen LogP contribution is 2.32. The first-order valence-electron chi connectivity index (χ1n) is 8.98. The molecule has 0 bridgehead atoms. The average Bonchev–Trinajstić information content (AvgIpc) is 2.81. The second-order valence-corrected chi connectivity index (χ2v) is 7.14. The highest BCUT2D eigenvalue weighted by atomic mass is 19.4. The second kappa shape index (κ2) is 7.63. The van der Waals surface area contributed by atoms with E-state index in [0.717, 1.165) is 49.3 Å². The number of piperidine rings is 1. The number of rotatable bonds is 4. The molecular weight excluding hydrogens is 333 g/mol. The summed E-state index contributed by atoms with van der Waals surface area (Å²) >= 11 is 0. The molecule has 0 saturated carbocycles. The number of hydrogen-bond acceptors (Lipinski definition) is 4. The smallest absolute Gasteiger partial charge is 0.378 e. The Morgan fingerprint density at radius 3 is 2.64 bits per heavy atom. The largest absolute Gasteiger partial charge is 0.408 e. The van der Waals surface area contributed by atoms with Crippen LogP contribution in [0.25, 0.3) is 0 Å². The summed E-state index contributed by atoms with van der Waals surface area (Å²) in [7, 11) is 0. The van der Waals surface area contributed by atoms with E-state index in [-0.39, 0.29) is 6.04 Å². The van der Waals surface area contributed by atoms with Crippen LogP contribution in [0, 0.1) is 19.8 Å². The van der Waals surface area contributed by atoms with Gasteiger partial charge in [-0.15, -0.1) is 0 Å². The van der Waals surface area contributed by atoms with Crippen LogP contribution in [-0.2, 0) is 11.3 Å². The summed E-state index contributed by atoms with van der Waals surface area (Å²) in [6.45, 7) is 7.56. The maximum Gasteiger partial charge on any atom is 0.408 e. The fourth-order valence-corrected chi connectivity index (χ4v) is 4.04. The van der Waals surface area contributed by atoms with Gasteiger partial charge in [0.25, 0.3) is 0 Å². The van der Waals surface area contributed by atoms with Crippen molar-refractivity contribution in [3.05, 3.63) is 17.0 Å². The number of aryl methyl sites for hydroxylation is 1. The fourth-order valence-electron chi connectivity index (χ4n) is 4.04. The SMILES string of the molecule is Cc1nn(CC(F)(F)F)c(C)c1C1COCCN1CC1CCNCC1. The fraction of sp³-hybridized carbons (Fsp3) is 0.824. The van der Waals surface area contributed by atoms with Gasteiger partial charge < -0.3 is 10.1 Å². The molecule has 8 heteroatoms. The van der Waals surface area contributed by atoms with Crippen molar-refractivity contribution < 1.29 is 17.9 Å². The maximum atomic E-state index is 12.8. The second-order valence-electron chi connectivity index (χ2n) is 7.14. The van der Waals surface area contributed by atoms with Gasteiger partial charge in [0.1, 0.15) is 6.54 Å². The van der Waals surface area contributed by atoms with Crippen molar-refractivity contribution in [1.29, 1.82) is 0 Å². The van der Waals surface area contributed by atoms with Crippen LogP contribution >= 0.6 is 0 Å². The van der Waals surface area contributed by atoms with Crippen LogP contribution in [0.4, 0.5) is 13.2 Å². The lowest BCUT2D eigenvalue weighted by atomic mass is 9.95. The minimum absolute atomic E-state index is 0.00869. The van der Waals surface area contributed by atoms with Crippen LogP contribution in [0.2, 0.25) is 0 Å². The first-order valence-corrected chi connectivity index (χ1v) is 8.98. The van der Waals surface area contributed by atoms with Gasteiger partial charge >= 0.3 is 6.18 Å². The van der Waals surface area contributed by atoms with E-state index in [1.54, 1.807) is 13.8 Å². The molecule has 1 aromatic heterocycles. The molecule has 1 unspecified atom stereocenters. The Morgan fingerprint density at radius 2 is 1.96 bits per heavy atom. The Hall–Kier alpha value is -1.12. The minimum atomic E-state index is -4.27. The minimum Gasteiger partial charge on any atom is -0.378 e. The Labute approximate surface area is 146 Å². The van der Waals surface area contributed by atoms with Crippen molar-refractivity contribution >= 4 is 0 Å². The molecule has 0 spiro atoms. The molecule has 0 radical (unpaired) electrons. The number of halogens is 3. The van der Waals surface area contributed by atoms with Crippen molar-refractivity contribution in [3.63, 3.8) is 0 Å². The molecule has 0 aromatic carbocycles. The summed E-state index contributed by atoms with van der Waals surface area (Å²) in [6, 6.07) is -0.00869. The molecule has 25 heavy (non-hydrogen) atoms. The van der Waals surface area contributed by atoms with Gasteiger partial charge in [0, 0.05) is 24.3 Å². The molecule has 1 aromatic rings. The van der Waals surface area contributed by atoms with Crippen LogP contribution < -0.4 is 5.32 Å². The lowest BCUT2D eigenvalue weighted by Gasteiger charge is -2.39. The highest BCUT2D eigenvalue weighted by Gasteiger charge is 2.34. The van der Waals surface area contributed by atoms with Gasteiger partial charge in [0.05, 0.1) is 24.9 Å². The number of morpholine rings is 1. The molecule has 142 valence electrons. The zero-order valence-corrected chi connectivity index (χ0v) is 14.9. The van der Waals surface area contributed by atoms with Gasteiger partial charge in [-0.05, 0) is 45.7 Å². The average molecular weight is 360 g/mol. The van der Waals surface area contributed by atoms with E-state index in [1.165, 1.54) is 0 Å². The molecule has 1 N–H and O–H groups in total. The van der Waals surface area contributed by atoms with E-state index < -0.39 is 12.7 Å². The van der Waals surface area contributed by atoms with Crippen LogP contribution in [0.1, 0.15) is 35.8 Å². The Kier molecular flexibility index (Phi) is 5.70. The maximum absolute atomic E-state index is 12.8. The van der Waals surface area contributed by atoms with E-state index in [9.17, 15) is 13.2 Å². The van der Waals surface area contributed by atoms with Crippen LogP contribution in [-0.4, -0.2) is 60.2 Å². The van der Waals surface area contributed by atoms with Gasteiger partial charge in [0.15, 0.2) is 0 Å². The first kappa shape index (κ1) is 18.7. The Balaban J connectivity index is 1.79. The molecule has 1 atom stereocenters. The molecule has 0 amide bonds. The van der Waals surface area contributed by atoms with E-state index in [2.05, 4.69) is 15.3 Å².